The summed E-state index contributed by atoms with van der Waals surface area (Å²) in [4.78, 5) is 0. The molecule has 2 heteroatoms. The van der Waals surface area contributed by atoms with Gasteiger partial charge in [0.05, 0.1) is 0 Å². The van der Waals surface area contributed by atoms with Crippen molar-refractivity contribution >= 4 is 13.3 Å². The van der Waals surface area contributed by atoms with Crippen LogP contribution < -0.4 is 0 Å². The Hall–Kier alpha value is 0.503. The summed E-state index contributed by atoms with van der Waals surface area (Å²) in [7, 11) is 0. The molecule has 0 bridgehead atoms. The van der Waals surface area contributed by atoms with Crippen LogP contribution >= 0.6 is 0 Å². The van der Waals surface area contributed by atoms with Crippen LogP contribution in [-0.4, -0.2) is 26.0 Å². The molecule has 1 heterocycles. The molecule has 0 aromatic rings. The van der Waals surface area contributed by atoms with E-state index in [0.29, 0.717) is 6.10 Å². The summed E-state index contributed by atoms with van der Waals surface area (Å²) in [6.07, 6.45) is 14.7. The Balaban J connectivity index is 2.86. The quantitative estimate of drug-likeness (QED) is 0.312. The summed E-state index contributed by atoms with van der Waals surface area (Å²) in [6.45, 7) is 10.5. The molecule has 132 valence electrons. The van der Waals surface area contributed by atoms with Crippen molar-refractivity contribution in [3.05, 3.63) is 0 Å². The maximum absolute atomic E-state index is 6.26. The first-order valence-electron chi connectivity index (χ1n) is 10.4. The molecule has 0 spiro atoms. The Labute approximate surface area is 143 Å². The summed E-state index contributed by atoms with van der Waals surface area (Å²) in [5, 5.41) is 4.90. The van der Waals surface area contributed by atoms with Crippen LogP contribution in [0.2, 0.25) is 20.5 Å². The van der Waals surface area contributed by atoms with E-state index in [1.54, 1.807) is 15.8 Å². The van der Waals surface area contributed by atoms with Gasteiger partial charge in [-0.25, -0.2) is 0 Å². The van der Waals surface area contributed by atoms with E-state index in [1.807, 2.05) is 0 Å². The van der Waals surface area contributed by atoms with Gasteiger partial charge in [0.2, 0.25) is 0 Å². The molecule has 0 aliphatic carbocycles. The maximum atomic E-state index is 6.26. The zero-order valence-electron chi connectivity index (χ0n) is 16.0. The van der Waals surface area contributed by atoms with Crippen molar-refractivity contribution in [2.24, 2.45) is 0 Å². The normalized spacial score (nSPS) is 22.4. The first-order chi connectivity index (χ1) is 10.7. The minimum atomic E-state index is -1.77. The summed E-state index contributed by atoms with van der Waals surface area (Å²) >= 11 is -1.77. The van der Waals surface area contributed by atoms with Crippen LogP contribution in [0, 0.1) is 0 Å². The van der Waals surface area contributed by atoms with Crippen molar-refractivity contribution in [1.29, 1.82) is 0 Å². The van der Waals surface area contributed by atoms with Gasteiger partial charge in [-0.05, 0) is 0 Å². The van der Waals surface area contributed by atoms with E-state index in [9.17, 15) is 0 Å². The summed E-state index contributed by atoms with van der Waals surface area (Å²) < 4.78 is 7.28. The molecule has 1 fully saturated rings. The molecule has 1 aliphatic rings. The molecule has 1 aliphatic heterocycles. The van der Waals surface area contributed by atoms with Crippen molar-refractivity contribution in [2.75, 3.05) is 6.61 Å². The van der Waals surface area contributed by atoms with Gasteiger partial charge in [-0.15, -0.1) is 0 Å². The van der Waals surface area contributed by atoms with Crippen molar-refractivity contribution < 1.29 is 4.74 Å². The molecule has 0 amide bonds. The van der Waals surface area contributed by atoms with Gasteiger partial charge in [-0.2, -0.15) is 0 Å². The predicted octanol–water partition coefficient (Wildman–Crippen LogP) is 7.18. The third-order valence-corrected chi connectivity index (χ3v) is 19.1. The van der Waals surface area contributed by atoms with Gasteiger partial charge in [0.15, 0.2) is 0 Å². The van der Waals surface area contributed by atoms with E-state index in [4.69, 9.17) is 4.74 Å². The fourth-order valence-corrected chi connectivity index (χ4v) is 18.9. The second-order valence-corrected chi connectivity index (χ2v) is 18.0. The molecule has 2 atom stereocenters. The molecule has 22 heavy (non-hydrogen) atoms. The fourth-order valence-electron chi connectivity index (χ4n) is 4.56. The van der Waals surface area contributed by atoms with Crippen LogP contribution in [0.5, 0.6) is 0 Å². The van der Waals surface area contributed by atoms with Gasteiger partial charge in [-0.1, -0.05) is 0 Å². The monoisotopic (exact) mass is 372 g/mol. The zero-order valence-corrected chi connectivity index (χ0v) is 18.1. The van der Waals surface area contributed by atoms with Crippen molar-refractivity contribution in [3.63, 3.8) is 0 Å². The van der Waals surface area contributed by atoms with E-state index in [2.05, 4.69) is 27.7 Å². The Kier molecular flexibility index (Phi) is 11.2. The molecule has 0 aromatic carbocycles. The number of unbranched alkanes of at least 4 members (excludes halogenated alkanes) is 4. The second kappa shape index (κ2) is 12.0. The Morgan fingerprint density at radius 1 is 0.773 bits per heavy atom. The SMILES string of the molecule is CCCC[C@H]1OCC[C@@H]1[Ge]([CH2]CCC)([CH2]CCC)[CH2]CCC. The zero-order chi connectivity index (χ0) is 16.3. The van der Waals surface area contributed by atoms with E-state index >= 15 is 0 Å². The molecule has 0 saturated carbocycles. The Morgan fingerprint density at radius 3 is 1.73 bits per heavy atom. The van der Waals surface area contributed by atoms with Gasteiger partial charge in [0.1, 0.15) is 0 Å². The first kappa shape index (κ1) is 20.5. The standard InChI is InChI=1S/C20H42GeO/c1-5-9-13-20-19(14-18-22-20)21(15-10-6-2,16-11-7-3)17-12-8-4/h19-20H,5-18H2,1-4H3/t19-,20+/m0/s1. The Bertz CT molecular complexity index is 245. The minimum absolute atomic E-state index is 0.644. The average molecular weight is 371 g/mol. The third kappa shape index (κ3) is 6.19. The van der Waals surface area contributed by atoms with Crippen LogP contribution in [0.4, 0.5) is 0 Å². The van der Waals surface area contributed by atoms with Gasteiger partial charge in [0, 0.05) is 0 Å². The van der Waals surface area contributed by atoms with E-state index < -0.39 is 13.3 Å². The van der Waals surface area contributed by atoms with Gasteiger partial charge < -0.3 is 0 Å². The van der Waals surface area contributed by atoms with Crippen LogP contribution in [0.1, 0.15) is 91.9 Å². The van der Waals surface area contributed by atoms with Gasteiger partial charge in [0.25, 0.3) is 0 Å². The van der Waals surface area contributed by atoms with Crippen LogP contribution in [0.25, 0.3) is 0 Å². The molecule has 0 N–H and O–H groups in total. The number of rotatable bonds is 13. The topological polar surface area (TPSA) is 9.23 Å². The van der Waals surface area contributed by atoms with Crippen LogP contribution in [0.3, 0.4) is 0 Å². The molecule has 0 radical (unpaired) electrons. The molecule has 1 rings (SSSR count). The van der Waals surface area contributed by atoms with Crippen molar-refractivity contribution in [3.8, 4) is 0 Å². The number of ether oxygens (including phenoxy) is 1. The summed E-state index contributed by atoms with van der Waals surface area (Å²) in [5.74, 6) is 0. The molecule has 0 aromatic heterocycles. The predicted molar refractivity (Wildman–Crippen MR) is 103 cm³/mol. The Morgan fingerprint density at radius 2 is 1.27 bits per heavy atom. The second-order valence-electron chi connectivity index (χ2n) is 7.62. The van der Waals surface area contributed by atoms with Gasteiger partial charge >= 0.3 is 143 Å². The third-order valence-electron chi connectivity index (χ3n) is 5.92. The van der Waals surface area contributed by atoms with E-state index in [0.717, 1.165) is 11.4 Å². The molecule has 0 unspecified atom stereocenters. The molecular weight excluding hydrogens is 329 g/mol. The summed E-state index contributed by atoms with van der Waals surface area (Å²) in [6, 6.07) is 0. The fraction of sp³-hybridized carbons (Fsp3) is 1.00. The first-order valence-corrected chi connectivity index (χ1v) is 16.0. The number of hydrogen-bond acceptors (Lipinski definition) is 1. The van der Waals surface area contributed by atoms with Crippen LogP contribution in [-0.2, 0) is 4.74 Å². The summed E-state index contributed by atoms with van der Waals surface area (Å²) in [5.41, 5.74) is 0. The van der Waals surface area contributed by atoms with Crippen LogP contribution in [0.15, 0.2) is 0 Å². The average Bonchev–Trinajstić information content (AvgIpc) is 3.01. The van der Waals surface area contributed by atoms with Gasteiger partial charge in [-0.3, -0.25) is 0 Å². The molecule has 1 saturated heterocycles. The van der Waals surface area contributed by atoms with E-state index in [-0.39, 0.29) is 0 Å². The van der Waals surface area contributed by atoms with Crippen molar-refractivity contribution in [2.45, 2.75) is 119 Å². The molecule has 1 nitrogen and oxygen atoms in total. The van der Waals surface area contributed by atoms with E-state index in [1.165, 1.54) is 64.2 Å². The number of hydrogen-bond donors (Lipinski definition) is 0. The van der Waals surface area contributed by atoms with Crippen molar-refractivity contribution in [1.82, 2.24) is 0 Å². The molecular formula is C20H42GeO.